The van der Waals surface area contributed by atoms with Gasteiger partial charge in [0.15, 0.2) is 0 Å². The molecule has 1 fully saturated rings. The van der Waals surface area contributed by atoms with Gasteiger partial charge in [0.05, 0.1) is 11.9 Å². The van der Waals surface area contributed by atoms with Crippen molar-refractivity contribution in [3.63, 3.8) is 0 Å². The molecule has 140 valence electrons. The number of rotatable bonds is 3. The summed E-state index contributed by atoms with van der Waals surface area (Å²) in [4.78, 5) is 22.1. The Kier molecular flexibility index (Phi) is 5.02. The van der Waals surface area contributed by atoms with E-state index >= 15 is 0 Å². The van der Waals surface area contributed by atoms with E-state index in [1.807, 2.05) is 0 Å². The van der Waals surface area contributed by atoms with E-state index in [4.69, 9.17) is 0 Å². The minimum atomic E-state index is -4.42. The quantitative estimate of drug-likeness (QED) is 0.837. The van der Waals surface area contributed by atoms with Crippen molar-refractivity contribution < 1.29 is 13.2 Å². The van der Waals surface area contributed by atoms with Gasteiger partial charge in [0.1, 0.15) is 5.82 Å². The molecule has 1 aliphatic heterocycles. The summed E-state index contributed by atoms with van der Waals surface area (Å²) in [7, 11) is 0. The van der Waals surface area contributed by atoms with Gasteiger partial charge in [-0.25, -0.2) is 9.97 Å². The van der Waals surface area contributed by atoms with Crippen LogP contribution in [0.1, 0.15) is 29.7 Å². The molecule has 0 spiro atoms. The maximum Gasteiger partial charge on any atom is 0.419 e. The zero-order valence-electron chi connectivity index (χ0n) is 14.8. The third kappa shape index (κ3) is 3.73. The fraction of sp³-hybridized carbons (Fsp3) is 0.500. The highest BCUT2D eigenvalue weighted by Gasteiger charge is 2.36. The first-order valence-corrected chi connectivity index (χ1v) is 8.57. The highest BCUT2D eigenvalue weighted by Crippen LogP contribution is 2.36. The van der Waals surface area contributed by atoms with Gasteiger partial charge in [-0.05, 0) is 44.7 Å². The molecule has 1 aliphatic rings. The number of nitrogens with zero attached hydrogens (tertiary/aromatic N) is 4. The Hall–Kier alpha value is -2.38. The van der Waals surface area contributed by atoms with Crippen molar-refractivity contribution in [1.29, 1.82) is 0 Å². The van der Waals surface area contributed by atoms with Crippen LogP contribution in [0.3, 0.4) is 0 Å². The Morgan fingerprint density at radius 2 is 1.88 bits per heavy atom. The number of alkyl halides is 3. The summed E-state index contributed by atoms with van der Waals surface area (Å²) >= 11 is 0. The largest absolute Gasteiger partial charge is 0.419 e. The molecule has 3 rings (SSSR count). The maximum atomic E-state index is 13.2. The summed E-state index contributed by atoms with van der Waals surface area (Å²) in [5, 5.41) is 0. The van der Waals surface area contributed by atoms with E-state index in [1.165, 1.54) is 12.3 Å². The van der Waals surface area contributed by atoms with Crippen molar-refractivity contribution in [2.75, 3.05) is 18.0 Å². The molecule has 0 atom stereocenters. The van der Waals surface area contributed by atoms with Crippen LogP contribution in [-0.2, 0) is 12.7 Å². The van der Waals surface area contributed by atoms with Crippen LogP contribution in [0.2, 0.25) is 0 Å². The molecule has 2 aromatic heterocycles. The van der Waals surface area contributed by atoms with E-state index in [-0.39, 0.29) is 17.3 Å². The summed E-state index contributed by atoms with van der Waals surface area (Å²) < 4.78 is 41.1. The van der Waals surface area contributed by atoms with E-state index in [0.29, 0.717) is 38.0 Å². The topological polar surface area (TPSA) is 51.0 Å². The third-order valence-corrected chi connectivity index (χ3v) is 4.98. The zero-order valence-corrected chi connectivity index (χ0v) is 14.8. The van der Waals surface area contributed by atoms with Crippen LogP contribution < -0.4 is 10.5 Å². The van der Waals surface area contributed by atoms with E-state index in [9.17, 15) is 18.0 Å². The van der Waals surface area contributed by atoms with Gasteiger partial charge in [-0.15, -0.1) is 0 Å². The minimum absolute atomic E-state index is 0.0107. The van der Waals surface area contributed by atoms with Crippen LogP contribution in [0.5, 0.6) is 0 Å². The Balaban J connectivity index is 1.69. The van der Waals surface area contributed by atoms with Crippen LogP contribution >= 0.6 is 0 Å². The van der Waals surface area contributed by atoms with Gasteiger partial charge in [0.25, 0.3) is 5.56 Å². The lowest BCUT2D eigenvalue weighted by molar-refractivity contribution is -0.137. The number of piperidine rings is 1. The van der Waals surface area contributed by atoms with E-state index in [2.05, 4.69) is 9.97 Å². The molecule has 5 nitrogen and oxygen atoms in total. The van der Waals surface area contributed by atoms with Crippen LogP contribution in [0.25, 0.3) is 0 Å². The van der Waals surface area contributed by atoms with Gasteiger partial charge in [-0.3, -0.25) is 9.36 Å². The molecule has 0 saturated carbocycles. The fourth-order valence-electron chi connectivity index (χ4n) is 3.28. The second-order valence-electron chi connectivity index (χ2n) is 6.72. The number of aromatic nitrogens is 3. The zero-order chi connectivity index (χ0) is 18.9. The SMILES string of the molecule is Cc1ncn(CC2CCN(c3ncccc3C(F)(F)F)CC2)c(=O)c1C. The molecular weight excluding hydrogens is 345 g/mol. The standard InChI is InChI=1S/C18H21F3N4O/c1-12-13(2)23-11-25(17(12)26)10-14-5-8-24(9-6-14)16-15(18(19,20)21)4-3-7-22-16/h3-4,7,11,14H,5-6,8-10H2,1-2H3. The number of halogens is 3. The summed E-state index contributed by atoms with van der Waals surface area (Å²) in [5.41, 5.74) is 0.598. The predicted octanol–water partition coefficient (Wildman–Crippen LogP) is 3.19. The molecule has 8 heteroatoms. The molecule has 0 bridgehead atoms. The fourth-order valence-corrected chi connectivity index (χ4v) is 3.28. The molecule has 3 heterocycles. The van der Waals surface area contributed by atoms with Crippen molar-refractivity contribution in [1.82, 2.24) is 14.5 Å². The van der Waals surface area contributed by atoms with Gasteiger partial charge in [-0.1, -0.05) is 0 Å². The lowest BCUT2D eigenvalue weighted by Gasteiger charge is -2.34. The second kappa shape index (κ2) is 7.09. The average Bonchev–Trinajstić information content (AvgIpc) is 2.62. The van der Waals surface area contributed by atoms with Gasteiger partial charge in [0, 0.05) is 37.1 Å². The van der Waals surface area contributed by atoms with E-state index in [1.54, 1.807) is 29.6 Å². The molecule has 26 heavy (non-hydrogen) atoms. The first-order valence-electron chi connectivity index (χ1n) is 8.57. The van der Waals surface area contributed by atoms with Crippen LogP contribution in [-0.4, -0.2) is 27.6 Å². The Morgan fingerprint density at radius 1 is 1.19 bits per heavy atom. The van der Waals surface area contributed by atoms with Gasteiger partial charge >= 0.3 is 6.18 Å². The van der Waals surface area contributed by atoms with Crippen molar-refractivity contribution in [2.24, 2.45) is 5.92 Å². The second-order valence-corrected chi connectivity index (χ2v) is 6.72. The molecule has 0 unspecified atom stereocenters. The van der Waals surface area contributed by atoms with Crippen LogP contribution in [0, 0.1) is 19.8 Å². The molecule has 0 amide bonds. The van der Waals surface area contributed by atoms with Crippen molar-refractivity contribution >= 4 is 5.82 Å². The monoisotopic (exact) mass is 366 g/mol. The normalized spacial score (nSPS) is 16.1. The minimum Gasteiger partial charge on any atom is -0.356 e. The molecular formula is C18H21F3N4O. The lowest BCUT2D eigenvalue weighted by atomic mass is 9.96. The highest BCUT2D eigenvalue weighted by atomic mass is 19.4. The summed E-state index contributed by atoms with van der Waals surface area (Å²) in [6.07, 6.45) is -0.0756. The van der Waals surface area contributed by atoms with Crippen molar-refractivity contribution in [2.45, 2.75) is 39.4 Å². The Labute approximate surface area is 149 Å². The van der Waals surface area contributed by atoms with Gasteiger partial charge in [0.2, 0.25) is 0 Å². The summed E-state index contributed by atoms with van der Waals surface area (Å²) in [6, 6.07) is 2.37. The number of hydrogen-bond donors (Lipinski definition) is 0. The highest BCUT2D eigenvalue weighted by molar-refractivity contribution is 5.48. The molecule has 1 saturated heterocycles. The summed E-state index contributed by atoms with van der Waals surface area (Å²) in [6.45, 7) is 5.05. The first-order chi connectivity index (χ1) is 12.3. The van der Waals surface area contributed by atoms with E-state index in [0.717, 1.165) is 11.8 Å². The molecule has 2 aromatic rings. The number of hydrogen-bond acceptors (Lipinski definition) is 4. The Bertz CT molecular complexity index is 839. The Morgan fingerprint density at radius 3 is 2.54 bits per heavy atom. The number of anilines is 1. The predicted molar refractivity (Wildman–Crippen MR) is 92.1 cm³/mol. The van der Waals surface area contributed by atoms with Crippen LogP contribution in [0.15, 0.2) is 29.5 Å². The average molecular weight is 366 g/mol. The maximum absolute atomic E-state index is 13.2. The lowest BCUT2D eigenvalue weighted by Crippen LogP contribution is -2.38. The smallest absolute Gasteiger partial charge is 0.356 e. The van der Waals surface area contributed by atoms with E-state index < -0.39 is 11.7 Å². The van der Waals surface area contributed by atoms with Gasteiger partial charge in [-0.2, -0.15) is 13.2 Å². The first kappa shape index (κ1) is 18.4. The van der Waals surface area contributed by atoms with Gasteiger partial charge < -0.3 is 4.90 Å². The molecule has 0 N–H and O–H groups in total. The number of aryl methyl sites for hydroxylation is 1. The van der Waals surface area contributed by atoms with Crippen LogP contribution in [0.4, 0.5) is 19.0 Å². The third-order valence-electron chi connectivity index (χ3n) is 4.98. The molecule has 0 aromatic carbocycles. The molecule has 0 aliphatic carbocycles. The van der Waals surface area contributed by atoms with Crippen molar-refractivity contribution in [3.8, 4) is 0 Å². The van der Waals surface area contributed by atoms with Crippen molar-refractivity contribution in [3.05, 3.63) is 51.8 Å². The number of pyridine rings is 1. The molecule has 0 radical (unpaired) electrons. The summed E-state index contributed by atoms with van der Waals surface area (Å²) in [5.74, 6) is 0.217.